The molecule has 2 fully saturated rings. The predicted octanol–water partition coefficient (Wildman–Crippen LogP) is 1.25. The number of aromatic amines is 1. The summed E-state index contributed by atoms with van der Waals surface area (Å²) in [5, 5.41) is 13.9. The van der Waals surface area contributed by atoms with Crippen molar-refractivity contribution in [1.29, 1.82) is 0 Å². The molecule has 8 nitrogen and oxygen atoms in total. The highest BCUT2D eigenvalue weighted by Gasteiger charge is 2.37. The molecule has 158 valence electrons. The number of hydrogen-bond donors (Lipinski definition) is 2. The summed E-state index contributed by atoms with van der Waals surface area (Å²) in [6.45, 7) is 7.18. The summed E-state index contributed by atoms with van der Waals surface area (Å²) in [6, 6.07) is 6.35. The number of fused-ring (bicyclic) bond motifs is 1. The minimum Gasteiger partial charge on any atom is -0.370 e. The van der Waals surface area contributed by atoms with Crippen LogP contribution in [-0.2, 0) is 4.74 Å². The largest absolute Gasteiger partial charge is 0.370 e. The molecule has 8 heteroatoms. The van der Waals surface area contributed by atoms with Crippen LogP contribution >= 0.6 is 0 Å². The van der Waals surface area contributed by atoms with Gasteiger partial charge in [0.1, 0.15) is 13.1 Å². The molecule has 2 N–H and O–H groups in total. The van der Waals surface area contributed by atoms with Gasteiger partial charge < -0.3 is 14.6 Å². The van der Waals surface area contributed by atoms with Crippen LogP contribution in [0, 0.1) is 13.8 Å². The Bertz CT molecular complexity index is 1110. The van der Waals surface area contributed by atoms with E-state index in [2.05, 4.69) is 46.5 Å². The van der Waals surface area contributed by atoms with Crippen LogP contribution in [0.3, 0.4) is 0 Å². The second-order valence-corrected chi connectivity index (χ2v) is 8.70. The van der Waals surface area contributed by atoms with Gasteiger partial charge in [-0.05, 0) is 71.8 Å². The van der Waals surface area contributed by atoms with Crippen molar-refractivity contribution in [3.63, 3.8) is 0 Å². The van der Waals surface area contributed by atoms with Gasteiger partial charge in [-0.25, -0.2) is 4.68 Å². The van der Waals surface area contributed by atoms with Gasteiger partial charge in [0.25, 0.3) is 5.56 Å². The maximum atomic E-state index is 13.3. The minimum absolute atomic E-state index is 0.0595. The fourth-order valence-corrected chi connectivity index (χ4v) is 4.97. The van der Waals surface area contributed by atoms with E-state index in [1.54, 1.807) is 0 Å². The van der Waals surface area contributed by atoms with Crippen LogP contribution in [0.4, 0.5) is 0 Å². The molecule has 1 aromatic carbocycles. The third-order valence-electron chi connectivity index (χ3n) is 6.79. The first kappa shape index (κ1) is 19.4. The van der Waals surface area contributed by atoms with E-state index in [1.807, 2.05) is 10.7 Å². The Morgan fingerprint density at radius 3 is 2.63 bits per heavy atom. The highest BCUT2D eigenvalue weighted by molar-refractivity contribution is 5.80. The molecule has 2 aromatic heterocycles. The van der Waals surface area contributed by atoms with Gasteiger partial charge >= 0.3 is 0 Å². The molecule has 1 saturated heterocycles. The van der Waals surface area contributed by atoms with Gasteiger partial charge in [0.2, 0.25) is 5.82 Å². The average molecular weight is 410 g/mol. The summed E-state index contributed by atoms with van der Waals surface area (Å²) < 4.78 is 7.59. The summed E-state index contributed by atoms with van der Waals surface area (Å²) >= 11 is 0. The zero-order valence-corrected chi connectivity index (χ0v) is 17.6. The van der Waals surface area contributed by atoms with E-state index < -0.39 is 0 Å². The fraction of sp³-hybridized carbons (Fsp3) is 0.545. The number of quaternary nitrogens is 1. The van der Waals surface area contributed by atoms with Crippen LogP contribution < -0.4 is 10.5 Å². The SMILES string of the molecule is Cc1cc2cc([C@H](c3nnnn3C3CCCC3)[NH+]3CCOCC3)c(=O)[nH]c2cc1C. The number of nitrogens with one attached hydrogen (secondary N) is 2. The number of morpholine rings is 1. The van der Waals surface area contributed by atoms with Crippen molar-refractivity contribution < 1.29 is 9.64 Å². The molecule has 1 aliphatic heterocycles. The predicted molar refractivity (Wildman–Crippen MR) is 113 cm³/mol. The van der Waals surface area contributed by atoms with Crippen LogP contribution in [0.2, 0.25) is 0 Å². The second kappa shape index (κ2) is 7.92. The lowest BCUT2D eigenvalue weighted by molar-refractivity contribution is -0.933. The third kappa shape index (κ3) is 3.44. The highest BCUT2D eigenvalue weighted by atomic mass is 16.5. The van der Waals surface area contributed by atoms with Crippen molar-refractivity contribution in [2.24, 2.45) is 0 Å². The molecule has 2 aliphatic rings. The first-order valence-corrected chi connectivity index (χ1v) is 11.0. The monoisotopic (exact) mass is 409 g/mol. The van der Waals surface area contributed by atoms with E-state index in [1.165, 1.54) is 28.9 Å². The Kier molecular flexibility index (Phi) is 5.12. The Morgan fingerprint density at radius 2 is 1.87 bits per heavy atom. The van der Waals surface area contributed by atoms with E-state index >= 15 is 0 Å². The second-order valence-electron chi connectivity index (χ2n) is 8.70. The number of aryl methyl sites for hydroxylation is 2. The van der Waals surface area contributed by atoms with Gasteiger partial charge in [-0.15, -0.1) is 5.10 Å². The summed E-state index contributed by atoms with van der Waals surface area (Å²) in [7, 11) is 0. The molecule has 3 heterocycles. The third-order valence-corrected chi connectivity index (χ3v) is 6.79. The molecule has 1 atom stereocenters. The minimum atomic E-state index is -0.209. The molecule has 1 aliphatic carbocycles. The van der Waals surface area contributed by atoms with Gasteiger partial charge in [0, 0.05) is 5.52 Å². The van der Waals surface area contributed by atoms with Crippen LogP contribution in [-0.4, -0.2) is 51.5 Å². The van der Waals surface area contributed by atoms with Gasteiger partial charge in [-0.1, -0.05) is 12.8 Å². The lowest BCUT2D eigenvalue weighted by Crippen LogP contribution is -3.14. The topological polar surface area (TPSA) is 90.1 Å². The van der Waals surface area contributed by atoms with E-state index in [-0.39, 0.29) is 11.6 Å². The van der Waals surface area contributed by atoms with Gasteiger partial charge in [0.05, 0.1) is 24.8 Å². The van der Waals surface area contributed by atoms with Crippen molar-refractivity contribution in [3.8, 4) is 0 Å². The number of hydrogen-bond acceptors (Lipinski definition) is 5. The van der Waals surface area contributed by atoms with E-state index in [9.17, 15) is 4.79 Å². The van der Waals surface area contributed by atoms with Crippen LogP contribution in [0.25, 0.3) is 10.9 Å². The van der Waals surface area contributed by atoms with Gasteiger partial charge in [0.15, 0.2) is 6.04 Å². The lowest BCUT2D eigenvalue weighted by atomic mass is 10.0. The van der Waals surface area contributed by atoms with E-state index in [0.29, 0.717) is 19.3 Å². The normalized spacial score (nSPS) is 19.5. The maximum Gasteiger partial charge on any atom is 0.258 e. The molecule has 0 radical (unpaired) electrons. The summed E-state index contributed by atoms with van der Waals surface area (Å²) in [5.74, 6) is 0.799. The standard InChI is InChI=1S/C22H28N6O2/c1-14-11-16-13-18(22(29)23-19(16)12-15(14)2)20(27-7-9-30-10-8-27)21-24-25-26-28(21)17-5-3-4-6-17/h11-13,17,20H,3-10H2,1-2H3,(H,23,29)/p+1/t20-/m1/s1. The average Bonchev–Trinajstić information content (AvgIpc) is 3.43. The van der Waals surface area contributed by atoms with Gasteiger partial charge in [-0.2, -0.15) is 0 Å². The lowest BCUT2D eigenvalue weighted by Gasteiger charge is -2.31. The Hall–Kier alpha value is -2.58. The van der Waals surface area contributed by atoms with Crippen LogP contribution in [0.1, 0.15) is 60.3 Å². The fourth-order valence-electron chi connectivity index (χ4n) is 4.97. The van der Waals surface area contributed by atoms with Crippen molar-refractivity contribution in [2.75, 3.05) is 26.3 Å². The summed E-state index contributed by atoms with van der Waals surface area (Å²) in [6.07, 6.45) is 4.59. The number of H-pyrrole nitrogens is 1. The molecule has 5 rings (SSSR count). The highest BCUT2D eigenvalue weighted by Crippen LogP contribution is 2.31. The first-order chi connectivity index (χ1) is 14.6. The quantitative estimate of drug-likeness (QED) is 0.677. The number of nitrogens with zero attached hydrogens (tertiary/aromatic N) is 4. The molecule has 0 amide bonds. The van der Waals surface area contributed by atoms with Gasteiger partial charge in [-0.3, -0.25) is 4.79 Å². The van der Waals surface area contributed by atoms with Crippen molar-refractivity contribution in [2.45, 2.75) is 51.6 Å². The Morgan fingerprint density at radius 1 is 1.13 bits per heavy atom. The zero-order valence-electron chi connectivity index (χ0n) is 17.6. The molecule has 0 unspecified atom stereocenters. The molecular formula is C22H29N6O2+. The van der Waals surface area contributed by atoms with E-state index in [0.717, 1.165) is 48.2 Å². The first-order valence-electron chi connectivity index (χ1n) is 11.0. The molecule has 3 aromatic rings. The summed E-state index contributed by atoms with van der Waals surface area (Å²) in [4.78, 5) is 17.7. The molecule has 1 saturated carbocycles. The number of tetrazole rings is 1. The Labute approximate surface area is 175 Å². The van der Waals surface area contributed by atoms with Crippen LogP contribution in [0.5, 0.6) is 0 Å². The maximum absolute atomic E-state index is 13.3. The molecular weight excluding hydrogens is 380 g/mol. The van der Waals surface area contributed by atoms with Crippen molar-refractivity contribution in [3.05, 3.63) is 51.1 Å². The van der Waals surface area contributed by atoms with Crippen molar-refractivity contribution in [1.82, 2.24) is 25.2 Å². The smallest absolute Gasteiger partial charge is 0.258 e. The molecule has 0 spiro atoms. The molecule has 0 bridgehead atoms. The number of aromatic nitrogens is 5. The molecule has 30 heavy (non-hydrogen) atoms. The zero-order chi connectivity index (χ0) is 20.7. The van der Waals surface area contributed by atoms with Crippen molar-refractivity contribution >= 4 is 10.9 Å². The number of pyridine rings is 1. The van der Waals surface area contributed by atoms with Crippen LogP contribution in [0.15, 0.2) is 23.0 Å². The van der Waals surface area contributed by atoms with E-state index in [4.69, 9.17) is 4.74 Å². The number of ether oxygens (including phenoxy) is 1. The Balaban J connectivity index is 1.66. The summed E-state index contributed by atoms with van der Waals surface area (Å²) in [5.41, 5.74) is 3.93. The number of benzene rings is 1. The number of rotatable bonds is 4.